The zero-order chi connectivity index (χ0) is 20.4. The highest BCUT2D eigenvalue weighted by molar-refractivity contribution is 7.15. The molecule has 28 heavy (non-hydrogen) atoms. The van der Waals surface area contributed by atoms with Crippen LogP contribution in [0.15, 0.2) is 35.7 Å². The second-order valence-corrected chi connectivity index (χ2v) is 7.04. The largest absolute Gasteiger partial charge is 0.462 e. The van der Waals surface area contributed by atoms with Crippen molar-refractivity contribution in [2.75, 3.05) is 31.7 Å². The quantitative estimate of drug-likeness (QED) is 0.438. The highest BCUT2D eigenvalue weighted by Gasteiger charge is 2.24. The summed E-state index contributed by atoms with van der Waals surface area (Å²) in [6.45, 7) is 7.82. The molecule has 152 valence electrons. The third-order valence-corrected chi connectivity index (χ3v) is 5.00. The zero-order valence-corrected chi connectivity index (χ0v) is 17.4. The number of hydrogen-bond donors (Lipinski definition) is 2. The molecule has 0 aliphatic carbocycles. The Morgan fingerprint density at radius 1 is 1.14 bits per heavy atom. The summed E-state index contributed by atoms with van der Waals surface area (Å²) < 4.78 is 10.5. The van der Waals surface area contributed by atoms with Crippen LogP contribution in [0.4, 0.5) is 5.00 Å². The molecular formula is C21H28N2O4S. The van der Waals surface area contributed by atoms with Gasteiger partial charge in [0.25, 0.3) is 0 Å². The lowest BCUT2D eigenvalue weighted by molar-refractivity contribution is -0.117. The van der Waals surface area contributed by atoms with Crippen molar-refractivity contribution in [1.82, 2.24) is 5.32 Å². The third kappa shape index (κ3) is 6.15. The van der Waals surface area contributed by atoms with Gasteiger partial charge in [-0.2, -0.15) is 0 Å². The summed E-state index contributed by atoms with van der Waals surface area (Å²) in [5, 5.41) is 8.42. The Hall–Kier alpha value is -2.22. The fourth-order valence-corrected chi connectivity index (χ4v) is 3.60. The molecule has 0 radical (unpaired) electrons. The van der Waals surface area contributed by atoms with Gasteiger partial charge in [0.2, 0.25) is 5.91 Å². The van der Waals surface area contributed by atoms with Crippen LogP contribution in [0.3, 0.4) is 0 Å². The van der Waals surface area contributed by atoms with Gasteiger partial charge in [0.05, 0.1) is 12.6 Å². The van der Waals surface area contributed by atoms with Crippen LogP contribution in [-0.4, -0.2) is 44.3 Å². The Bertz CT molecular complexity index is 761. The normalized spacial score (nSPS) is 11.8. The molecule has 0 bridgehead atoms. The summed E-state index contributed by atoms with van der Waals surface area (Å²) in [5.74, 6) is -0.626. The van der Waals surface area contributed by atoms with Gasteiger partial charge in [-0.3, -0.25) is 4.79 Å². The van der Waals surface area contributed by atoms with Crippen LogP contribution in [0.2, 0.25) is 0 Å². The molecule has 0 saturated carbocycles. The Labute approximate surface area is 170 Å². The van der Waals surface area contributed by atoms with E-state index in [-0.39, 0.29) is 18.6 Å². The average Bonchev–Trinajstić information content (AvgIpc) is 3.12. The minimum absolute atomic E-state index is 0.191. The fraction of sp³-hybridized carbons (Fsp3) is 0.429. The molecule has 0 fully saturated rings. The van der Waals surface area contributed by atoms with E-state index in [1.165, 1.54) is 11.3 Å². The average molecular weight is 405 g/mol. The van der Waals surface area contributed by atoms with E-state index in [1.54, 1.807) is 13.8 Å². The maximum absolute atomic E-state index is 12.6. The van der Waals surface area contributed by atoms with Crippen LogP contribution < -0.4 is 10.6 Å². The predicted molar refractivity (Wildman–Crippen MR) is 113 cm³/mol. The van der Waals surface area contributed by atoms with Gasteiger partial charge in [-0.15, -0.1) is 11.3 Å². The number of carbonyl (C=O) groups is 2. The van der Waals surface area contributed by atoms with E-state index < -0.39 is 5.97 Å². The van der Waals surface area contributed by atoms with Crippen molar-refractivity contribution in [2.24, 2.45) is 0 Å². The predicted octanol–water partition coefficient (Wildman–Crippen LogP) is 3.94. The van der Waals surface area contributed by atoms with Crippen LogP contribution >= 0.6 is 11.3 Å². The number of thiophene rings is 1. The number of ether oxygens (including phenoxy) is 2. The van der Waals surface area contributed by atoms with Crippen LogP contribution in [0.5, 0.6) is 0 Å². The van der Waals surface area contributed by atoms with Crippen LogP contribution in [0, 0.1) is 0 Å². The standard InChI is InChI=1S/C21H28N2O4S/c1-4-26-13-9-12-22-15(3)19(24)23-20-18(21(25)27-5-2)17(14-28-20)16-10-7-6-8-11-16/h6-8,10-11,14-15,22H,4-5,9,12-13H2,1-3H3,(H,23,24). The van der Waals surface area contributed by atoms with Crippen molar-refractivity contribution >= 4 is 28.2 Å². The zero-order valence-electron chi connectivity index (χ0n) is 16.6. The first-order chi connectivity index (χ1) is 13.6. The van der Waals surface area contributed by atoms with E-state index in [0.717, 1.165) is 17.5 Å². The highest BCUT2D eigenvalue weighted by Crippen LogP contribution is 2.36. The Kier molecular flexibility index (Phi) is 9.13. The summed E-state index contributed by atoms with van der Waals surface area (Å²) in [4.78, 5) is 25.1. The van der Waals surface area contributed by atoms with Gasteiger partial charge in [-0.1, -0.05) is 30.3 Å². The second-order valence-electron chi connectivity index (χ2n) is 6.16. The number of amides is 1. The summed E-state index contributed by atoms with van der Waals surface area (Å²) in [5.41, 5.74) is 2.07. The Morgan fingerprint density at radius 3 is 2.57 bits per heavy atom. The molecule has 0 aliphatic heterocycles. The molecule has 1 aromatic carbocycles. The lowest BCUT2D eigenvalue weighted by atomic mass is 10.0. The van der Waals surface area contributed by atoms with E-state index in [0.29, 0.717) is 30.3 Å². The Morgan fingerprint density at radius 2 is 1.89 bits per heavy atom. The van der Waals surface area contributed by atoms with Crippen LogP contribution in [0.25, 0.3) is 11.1 Å². The van der Waals surface area contributed by atoms with Gasteiger partial charge in [-0.25, -0.2) is 4.79 Å². The third-order valence-electron chi connectivity index (χ3n) is 4.11. The minimum Gasteiger partial charge on any atom is -0.462 e. The summed E-state index contributed by atoms with van der Waals surface area (Å²) in [7, 11) is 0. The lowest BCUT2D eigenvalue weighted by Crippen LogP contribution is -2.38. The number of esters is 1. The van der Waals surface area contributed by atoms with Crippen molar-refractivity contribution < 1.29 is 19.1 Å². The molecule has 7 heteroatoms. The summed E-state index contributed by atoms with van der Waals surface area (Å²) >= 11 is 1.33. The SMILES string of the molecule is CCOCCCNC(C)C(=O)Nc1scc(-c2ccccc2)c1C(=O)OCC. The highest BCUT2D eigenvalue weighted by atomic mass is 32.1. The number of carbonyl (C=O) groups excluding carboxylic acids is 2. The van der Waals surface area contributed by atoms with Crippen LogP contribution in [-0.2, 0) is 14.3 Å². The Balaban J connectivity index is 2.11. The monoisotopic (exact) mass is 404 g/mol. The lowest BCUT2D eigenvalue weighted by Gasteiger charge is -2.14. The van der Waals surface area contributed by atoms with Gasteiger partial charge >= 0.3 is 5.97 Å². The second kappa shape index (κ2) is 11.6. The molecule has 1 heterocycles. The number of nitrogens with one attached hydrogen (secondary N) is 2. The van der Waals surface area contributed by atoms with Crippen molar-refractivity contribution in [1.29, 1.82) is 0 Å². The maximum Gasteiger partial charge on any atom is 0.341 e. The first-order valence-corrected chi connectivity index (χ1v) is 10.4. The van der Waals surface area contributed by atoms with E-state index in [4.69, 9.17) is 9.47 Å². The molecule has 2 aromatic rings. The first kappa shape index (κ1) is 22.1. The number of benzene rings is 1. The van der Waals surface area contributed by atoms with Gasteiger partial charge in [-0.05, 0) is 39.3 Å². The van der Waals surface area contributed by atoms with E-state index in [9.17, 15) is 9.59 Å². The molecule has 0 saturated heterocycles. The van der Waals surface area contributed by atoms with E-state index in [2.05, 4.69) is 10.6 Å². The van der Waals surface area contributed by atoms with Crippen molar-refractivity contribution in [3.8, 4) is 11.1 Å². The molecule has 1 atom stereocenters. The molecule has 1 aromatic heterocycles. The van der Waals surface area contributed by atoms with Gasteiger partial charge < -0.3 is 20.1 Å². The smallest absolute Gasteiger partial charge is 0.341 e. The molecule has 0 aliphatic rings. The molecule has 6 nitrogen and oxygen atoms in total. The summed E-state index contributed by atoms with van der Waals surface area (Å²) in [6.07, 6.45) is 0.830. The van der Waals surface area contributed by atoms with Gasteiger partial charge in [0.15, 0.2) is 0 Å². The van der Waals surface area contributed by atoms with Crippen molar-refractivity contribution in [3.05, 3.63) is 41.3 Å². The minimum atomic E-state index is -0.435. The van der Waals surface area contributed by atoms with Crippen molar-refractivity contribution in [2.45, 2.75) is 33.2 Å². The van der Waals surface area contributed by atoms with E-state index >= 15 is 0 Å². The molecule has 1 unspecified atom stereocenters. The van der Waals surface area contributed by atoms with E-state index in [1.807, 2.05) is 42.6 Å². The van der Waals surface area contributed by atoms with Gasteiger partial charge in [0.1, 0.15) is 10.6 Å². The molecule has 0 spiro atoms. The molecule has 2 N–H and O–H groups in total. The van der Waals surface area contributed by atoms with Crippen molar-refractivity contribution in [3.63, 3.8) is 0 Å². The molecule has 1 amide bonds. The fourth-order valence-electron chi connectivity index (χ4n) is 2.64. The van der Waals surface area contributed by atoms with Gasteiger partial charge in [0, 0.05) is 24.2 Å². The number of rotatable bonds is 11. The summed E-state index contributed by atoms with van der Waals surface area (Å²) in [6, 6.07) is 9.21. The maximum atomic E-state index is 12.6. The number of hydrogen-bond acceptors (Lipinski definition) is 6. The topological polar surface area (TPSA) is 76.7 Å². The number of anilines is 1. The van der Waals surface area contributed by atoms with Crippen LogP contribution in [0.1, 0.15) is 37.6 Å². The molecule has 2 rings (SSSR count). The first-order valence-electron chi connectivity index (χ1n) is 9.54. The molecular weight excluding hydrogens is 376 g/mol.